The van der Waals surface area contributed by atoms with Crippen molar-refractivity contribution < 1.29 is 24.5 Å². The second-order valence-corrected chi connectivity index (χ2v) is 21.7. The van der Waals surface area contributed by atoms with E-state index in [-0.39, 0.29) is 18.5 Å². The first-order valence-electron chi connectivity index (χ1n) is 31.6. The number of nitrogens with one attached hydrogen (secondary N) is 1. The number of carbonyl (C=O) groups is 2. The molecular weight excluding hydrogens is 863 g/mol. The maximum atomic E-state index is 12.5. The highest BCUT2D eigenvalue weighted by molar-refractivity contribution is 5.76. The van der Waals surface area contributed by atoms with E-state index in [1.54, 1.807) is 0 Å². The molecule has 3 N–H and O–H groups in total. The molecule has 1 amide bonds. The van der Waals surface area contributed by atoms with Gasteiger partial charge in [-0.15, -0.1) is 0 Å². The van der Waals surface area contributed by atoms with Gasteiger partial charge < -0.3 is 20.3 Å². The predicted octanol–water partition coefficient (Wildman–Crippen LogP) is 19.8. The van der Waals surface area contributed by atoms with Gasteiger partial charge in [0, 0.05) is 12.8 Å². The molecule has 0 fully saturated rings. The largest absolute Gasteiger partial charge is 0.466 e. The van der Waals surface area contributed by atoms with Crippen molar-refractivity contribution in [2.75, 3.05) is 13.2 Å². The maximum absolute atomic E-state index is 12.5. The van der Waals surface area contributed by atoms with Crippen molar-refractivity contribution in [1.29, 1.82) is 0 Å². The molecule has 0 saturated heterocycles. The fourth-order valence-corrected chi connectivity index (χ4v) is 9.91. The lowest BCUT2D eigenvalue weighted by atomic mass is 10.0. The molecule has 0 aromatic rings. The molecule has 0 aromatic carbocycles. The molecule has 0 spiro atoms. The summed E-state index contributed by atoms with van der Waals surface area (Å²) in [6.45, 7) is 4.94. The average molecular weight is 987 g/mol. The van der Waals surface area contributed by atoms with Crippen LogP contribution in [0.25, 0.3) is 0 Å². The van der Waals surface area contributed by atoms with Crippen molar-refractivity contribution in [3.63, 3.8) is 0 Å². The Balaban J connectivity index is 3.42. The summed E-state index contributed by atoms with van der Waals surface area (Å²) in [6.07, 6.45) is 73.2. The van der Waals surface area contributed by atoms with Crippen LogP contribution in [0, 0.1) is 0 Å². The topological polar surface area (TPSA) is 95.9 Å². The van der Waals surface area contributed by atoms with Gasteiger partial charge in [-0.1, -0.05) is 301 Å². The Labute approximate surface area is 437 Å². The van der Waals surface area contributed by atoms with Gasteiger partial charge in [0.1, 0.15) is 0 Å². The second-order valence-electron chi connectivity index (χ2n) is 21.7. The molecule has 0 aromatic heterocycles. The first-order valence-corrected chi connectivity index (χ1v) is 31.6. The van der Waals surface area contributed by atoms with Crippen LogP contribution in [0.15, 0.2) is 24.3 Å². The van der Waals surface area contributed by atoms with E-state index in [1.807, 2.05) is 0 Å². The molecule has 2 atom stereocenters. The van der Waals surface area contributed by atoms with Gasteiger partial charge in [-0.05, 0) is 57.8 Å². The summed E-state index contributed by atoms with van der Waals surface area (Å²) in [6, 6.07) is -0.547. The van der Waals surface area contributed by atoms with Crippen LogP contribution in [-0.4, -0.2) is 47.4 Å². The average Bonchev–Trinajstić information content (AvgIpc) is 3.36. The second kappa shape index (κ2) is 59.9. The van der Waals surface area contributed by atoms with Gasteiger partial charge in [-0.2, -0.15) is 0 Å². The van der Waals surface area contributed by atoms with Crippen LogP contribution in [0.1, 0.15) is 348 Å². The van der Waals surface area contributed by atoms with Crippen LogP contribution in [0.2, 0.25) is 0 Å². The molecule has 2 unspecified atom stereocenters. The van der Waals surface area contributed by atoms with E-state index < -0.39 is 12.1 Å². The van der Waals surface area contributed by atoms with Gasteiger partial charge in [-0.25, -0.2) is 0 Å². The number of hydrogen-bond donors (Lipinski definition) is 3. The zero-order chi connectivity index (χ0) is 50.7. The van der Waals surface area contributed by atoms with Gasteiger partial charge in [0.25, 0.3) is 0 Å². The Hall–Kier alpha value is -1.66. The highest BCUT2D eigenvalue weighted by Crippen LogP contribution is 2.18. The van der Waals surface area contributed by atoms with E-state index in [4.69, 9.17) is 4.74 Å². The zero-order valence-electron chi connectivity index (χ0n) is 47.3. The van der Waals surface area contributed by atoms with Gasteiger partial charge in [0.2, 0.25) is 5.91 Å². The summed E-state index contributed by atoms with van der Waals surface area (Å²) in [4.78, 5) is 24.6. The van der Waals surface area contributed by atoms with Crippen molar-refractivity contribution in [3.05, 3.63) is 24.3 Å². The minimum absolute atomic E-state index is 0.00781. The first-order chi connectivity index (χ1) is 34.5. The summed E-state index contributed by atoms with van der Waals surface area (Å²) in [5.41, 5.74) is 0. The molecule has 6 heteroatoms. The number of rotatable bonds is 59. The Morgan fingerprint density at radius 1 is 0.400 bits per heavy atom. The summed E-state index contributed by atoms with van der Waals surface area (Å²) in [5.74, 6) is -0.0450. The monoisotopic (exact) mass is 986 g/mol. The fourth-order valence-electron chi connectivity index (χ4n) is 9.91. The minimum Gasteiger partial charge on any atom is -0.466 e. The highest BCUT2D eigenvalue weighted by atomic mass is 16.5. The van der Waals surface area contributed by atoms with Crippen LogP contribution in [0.5, 0.6) is 0 Å². The van der Waals surface area contributed by atoms with E-state index in [2.05, 4.69) is 43.5 Å². The Morgan fingerprint density at radius 3 is 1.11 bits per heavy atom. The van der Waals surface area contributed by atoms with E-state index >= 15 is 0 Å². The SMILES string of the molecule is CCCCC/C=C\C/C=C\CCCCCCCC(=O)OCCCCCCCCCCCCCCCCCCCC(=O)NC(CO)C(O)CCCCCCCCCCCCCCCCCCCCCCC. The molecule has 0 aliphatic rings. The standard InChI is InChI=1S/C64H123NO5/c1-3-5-7-9-11-13-15-17-19-20-21-22-23-25-29-32-36-40-44-48-52-56-62(67)61(60-66)65-63(68)57-53-49-45-41-37-33-30-26-24-27-31-35-39-43-47-51-55-59-70-64(69)58-54-50-46-42-38-34-28-18-16-14-12-10-8-6-4-2/h12,14,18,28,61-62,66-67H,3-11,13,15-17,19-27,29-60H2,1-2H3,(H,65,68)/b14-12-,28-18-. The Bertz CT molecular complexity index is 1090. The van der Waals surface area contributed by atoms with Crippen molar-refractivity contribution in [3.8, 4) is 0 Å². The number of ether oxygens (including phenoxy) is 1. The molecule has 0 saturated carbocycles. The fraction of sp³-hybridized carbons (Fsp3) is 0.906. The van der Waals surface area contributed by atoms with E-state index in [9.17, 15) is 19.8 Å². The number of aliphatic hydroxyl groups is 2. The van der Waals surface area contributed by atoms with E-state index in [0.717, 1.165) is 51.4 Å². The third kappa shape index (κ3) is 55.7. The molecule has 0 bridgehead atoms. The predicted molar refractivity (Wildman–Crippen MR) is 306 cm³/mol. The normalized spacial score (nSPS) is 12.7. The molecule has 0 aliphatic carbocycles. The molecule has 0 radical (unpaired) electrons. The van der Waals surface area contributed by atoms with Gasteiger partial charge in [0.15, 0.2) is 0 Å². The number of unbranched alkanes of at least 4 members (excludes halogenated alkanes) is 44. The van der Waals surface area contributed by atoms with E-state index in [1.165, 1.54) is 263 Å². The Kier molecular flexibility index (Phi) is 58.5. The summed E-state index contributed by atoms with van der Waals surface area (Å²) < 4.78 is 5.47. The van der Waals surface area contributed by atoms with Crippen LogP contribution in [0.4, 0.5) is 0 Å². The van der Waals surface area contributed by atoms with Crippen molar-refractivity contribution in [1.82, 2.24) is 5.32 Å². The minimum atomic E-state index is -0.669. The maximum Gasteiger partial charge on any atom is 0.305 e. The number of allylic oxidation sites excluding steroid dienone is 4. The number of aliphatic hydroxyl groups excluding tert-OH is 2. The van der Waals surface area contributed by atoms with Gasteiger partial charge in [-0.3, -0.25) is 9.59 Å². The molecule has 6 nitrogen and oxygen atoms in total. The lowest BCUT2D eigenvalue weighted by Crippen LogP contribution is -2.45. The van der Waals surface area contributed by atoms with Crippen molar-refractivity contribution in [2.24, 2.45) is 0 Å². The molecule has 0 heterocycles. The number of carbonyl (C=O) groups excluding carboxylic acids is 2. The highest BCUT2D eigenvalue weighted by Gasteiger charge is 2.20. The third-order valence-electron chi connectivity index (χ3n) is 14.8. The van der Waals surface area contributed by atoms with Crippen LogP contribution in [-0.2, 0) is 14.3 Å². The molecule has 0 aliphatic heterocycles. The smallest absolute Gasteiger partial charge is 0.305 e. The molecule has 0 rings (SSSR count). The van der Waals surface area contributed by atoms with Crippen LogP contribution < -0.4 is 5.32 Å². The zero-order valence-corrected chi connectivity index (χ0v) is 47.3. The molecule has 414 valence electrons. The van der Waals surface area contributed by atoms with Crippen molar-refractivity contribution >= 4 is 11.9 Å². The van der Waals surface area contributed by atoms with Crippen LogP contribution >= 0.6 is 0 Å². The number of hydrogen-bond acceptors (Lipinski definition) is 5. The molecular formula is C64H123NO5. The number of amides is 1. The van der Waals surface area contributed by atoms with E-state index in [0.29, 0.717) is 25.9 Å². The third-order valence-corrected chi connectivity index (χ3v) is 14.8. The summed E-state index contributed by atoms with van der Waals surface area (Å²) in [5, 5.41) is 23.4. The Morgan fingerprint density at radius 2 is 0.714 bits per heavy atom. The van der Waals surface area contributed by atoms with Crippen LogP contribution in [0.3, 0.4) is 0 Å². The number of esters is 1. The van der Waals surface area contributed by atoms with Gasteiger partial charge in [0.05, 0.1) is 25.4 Å². The first kappa shape index (κ1) is 68.3. The quantitative estimate of drug-likeness (QED) is 0.0321. The lowest BCUT2D eigenvalue weighted by Gasteiger charge is -2.22. The lowest BCUT2D eigenvalue weighted by molar-refractivity contribution is -0.143. The summed E-state index contributed by atoms with van der Waals surface area (Å²) in [7, 11) is 0. The van der Waals surface area contributed by atoms with Crippen molar-refractivity contribution in [2.45, 2.75) is 360 Å². The van der Waals surface area contributed by atoms with Gasteiger partial charge >= 0.3 is 5.97 Å². The summed E-state index contributed by atoms with van der Waals surface area (Å²) >= 11 is 0. The molecule has 70 heavy (non-hydrogen) atoms.